The first-order chi connectivity index (χ1) is 5.79. The number of hydrogen-bond donors (Lipinski definition) is 1. The van der Waals surface area contributed by atoms with Gasteiger partial charge in [0.1, 0.15) is 0 Å². The summed E-state index contributed by atoms with van der Waals surface area (Å²) in [4.78, 5) is 2.28. The second-order valence-corrected chi connectivity index (χ2v) is 3.58. The lowest BCUT2D eigenvalue weighted by Crippen LogP contribution is -2.48. The molecule has 0 saturated heterocycles. The van der Waals surface area contributed by atoms with Gasteiger partial charge in [-0.1, -0.05) is 5.92 Å². The van der Waals surface area contributed by atoms with Crippen LogP contribution in [-0.2, 0) is 0 Å². The Bertz CT molecular complexity index is 171. The molecule has 0 radical (unpaired) electrons. The molecule has 1 aliphatic carbocycles. The van der Waals surface area contributed by atoms with Gasteiger partial charge in [0.15, 0.2) is 0 Å². The Morgan fingerprint density at radius 3 is 2.75 bits per heavy atom. The Balaban J connectivity index is 2.28. The highest BCUT2D eigenvalue weighted by Gasteiger charge is 2.32. The average molecular weight is 166 g/mol. The van der Waals surface area contributed by atoms with Gasteiger partial charge >= 0.3 is 0 Å². The van der Waals surface area contributed by atoms with Crippen LogP contribution >= 0.6 is 0 Å². The van der Waals surface area contributed by atoms with Crippen molar-refractivity contribution in [2.24, 2.45) is 5.92 Å². The molecule has 0 aromatic rings. The molecular weight excluding hydrogens is 148 g/mol. The van der Waals surface area contributed by atoms with E-state index >= 15 is 0 Å². The molecule has 0 aliphatic heterocycles. The van der Waals surface area contributed by atoms with Crippen LogP contribution in [0.4, 0.5) is 0 Å². The maximum Gasteiger partial charge on any atom is 0.0598 e. The van der Waals surface area contributed by atoms with Gasteiger partial charge in [0.25, 0.3) is 0 Å². The summed E-state index contributed by atoms with van der Waals surface area (Å²) in [7, 11) is 4.13. The molecule has 0 bridgehead atoms. The molecule has 0 spiro atoms. The second kappa shape index (κ2) is 4.49. The molecule has 0 aromatic heterocycles. The highest BCUT2D eigenvalue weighted by molar-refractivity contribution is 4.94. The van der Waals surface area contributed by atoms with Gasteiger partial charge in [0.2, 0.25) is 0 Å². The fourth-order valence-electron chi connectivity index (χ4n) is 1.89. The monoisotopic (exact) mass is 166 g/mol. The fraction of sp³-hybridized carbons (Fsp3) is 0.800. The van der Waals surface area contributed by atoms with E-state index in [2.05, 4.69) is 23.2 Å². The normalized spacial score (nSPS) is 28.2. The average Bonchev–Trinajstić information content (AvgIpc) is 1.98. The maximum absolute atomic E-state index is 5.26. The van der Waals surface area contributed by atoms with Crippen molar-refractivity contribution in [2.45, 2.75) is 18.9 Å². The molecule has 1 fully saturated rings. The second-order valence-electron chi connectivity index (χ2n) is 3.58. The van der Waals surface area contributed by atoms with Crippen LogP contribution in [0, 0.1) is 18.3 Å². The minimum atomic E-state index is 0.716. The van der Waals surface area contributed by atoms with Gasteiger partial charge in [-0.15, -0.1) is 6.42 Å². The SMILES string of the molecule is C#CCN(C)C1CCC1CNC. The Morgan fingerprint density at radius 1 is 1.58 bits per heavy atom. The Kier molecular flexibility index (Phi) is 3.58. The molecule has 2 atom stereocenters. The van der Waals surface area contributed by atoms with E-state index in [9.17, 15) is 0 Å². The van der Waals surface area contributed by atoms with Gasteiger partial charge in [-0.25, -0.2) is 0 Å². The van der Waals surface area contributed by atoms with Crippen LogP contribution in [-0.4, -0.2) is 38.1 Å². The smallest absolute Gasteiger partial charge is 0.0598 e. The molecule has 1 N–H and O–H groups in total. The van der Waals surface area contributed by atoms with Crippen molar-refractivity contribution in [3.05, 3.63) is 0 Å². The predicted molar refractivity (Wildman–Crippen MR) is 51.9 cm³/mol. The summed E-state index contributed by atoms with van der Waals surface area (Å²) >= 11 is 0. The minimum absolute atomic E-state index is 0.716. The number of rotatable bonds is 4. The number of nitrogens with zero attached hydrogens (tertiary/aromatic N) is 1. The van der Waals surface area contributed by atoms with E-state index in [1.165, 1.54) is 12.8 Å². The summed E-state index contributed by atoms with van der Waals surface area (Å²) in [6.45, 7) is 1.91. The van der Waals surface area contributed by atoms with E-state index in [4.69, 9.17) is 6.42 Å². The molecule has 2 unspecified atom stereocenters. The highest BCUT2D eigenvalue weighted by atomic mass is 15.1. The summed E-state index contributed by atoms with van der Waals surface area (Å²) in [6, 6.07) is 0.716. The Labute approximate surface area is 75.3 Å². The van der Waals surface area contributed by atoms with Crippen LogP contribution in [0.3, 0.4) is 0 Å². The molecular formula is C10H18N2. The van der Waals surface area contributed by atoms with Gasteiger partial charge in [0, 0.05) is 6.04 Å². The van der Waals surface area contributed by atoms with Crippen molar-refractivity contribution in [3.63, 3.8) is 0 Å². The standard InChI is InChI=1S/C10H18N2/c1-4-7-12(3)10-6-5-9(10)8-11-2/h1,9-11H,5-8H2,2-3H3. The molecule has 68 valence electrons. The van der Waals surface area contributed by atoms with Crippen LogP contribution in [0.1, 0.15) is 12.8 Å². The molecule has 0 aromatic carbocycles. The van der Waals surface area contributed by atoms with Crippen molar-refractivity contribution >= 4 is 0 Å². The largest absolute Gasteiger partial charge is 0.319 e. The molecule has 12 heavy (non-hydrogen) atoms. The van der Waals surface area contributed by atoms with Crippen molar-refractivity contribution < 1.29 is 0 Å². The lowest BCUT2D eigenvalue weighted by atomic mass is 9.78. The van der Waals surface area contributed by atoms with Crippen LogP contribution < -0.4 is 5.32 Å². The van der Waals surface area contributed by atoms with Crippen molar-refractivity contribution in [1.29, 1.82) is 0 Å². The summed E-state index contributed by atoms with van der Waals surface area (Å²) < 4.78 is 0. The van der Waals surface area contributed by atoms with Gasteiger partial charge in [0.05, 0.1) is 6.54 Å². The van der Waals surface area contributed by atoms with Crippen LogP contribution in [0.2, 0.25) is 0 Å². The predicted octanol–water partition coefficient (Wildman–Crippen LogP) is 0.549. The number of nitrogens with one attached hydrogen (secondary N) is 1. The van der Waals surface area contributed by atoms with Crippen molar-refractivity contribution in [2.75, 3.05) is 27.2 Å². The van der Waals surface area contributed by atoms with Crippen molar-refractivity contribution in [1.82, 2.24) is 10.2 Å². The van der Waals surface area contributed by atoms with E-state index in [1.807, 2.05) is 7.05 Å². The van der Waals surface area contributed by atoms with Gasteiger partial charge in [-0.2, -0.15) is 0 Å². The number of hydrogen-bond acceptors (Lipinski definition) is 2. The Hall–Kier alpha value is -0.520. The minimum Gasteiger partial charge on any atom is -0.319 e. The first kappa shape index (κ1) is 9.57. The lowest BCUT2D eigenvalue weighted by Gasteiger charge is -2.42. The molecule has 0 heterocycles. The van der Waals surface area contributed by atoms with Gasteiger partial charge in [-0.05, 0) is 39.4 Å². The zero-order valence-electron chi connectivity index (χ0n) is 8.01. The summed E-state index contributed by atoms with van der Waals surface area (Å²) in [6.07, 6.45) is 7.92. The molecule has 2 nitrogen and oxygen atoms in total. The first-order valence-electron chi connectivity index (χ1n) is 4.58. The molecule has 1 saturated carbocycles. The zero-order valence-corrected chi connectivity index (χ0v) is 8.01. The number of terminal acetylenes is 1. The summed E-state index contributed by atoms with van der Waals surface area (Å²) in [5.74, 6) is 3.50. The molecule has 1 rings (SSSR count). The van der Waals surface area contributed by atoms with Gasteiger partial charge < -0.3 is 5.32 Å². The van der Waals surface area contributed by atoms with E-state index in [0.717, 1.165) is 19.0 Å². The third kappa shape index (κ3) is 2.00. The molecule has 2 heteroatoms. The quantitative estimate of drug-likeness (QED) is 0.614. The van der Waals surface area contributed by atoms with Crippen LogP contribution in [0.5, 0.6) is 0 Å². The Morgan fingerprint density at radius 2 is 2.33 bits per heavy atom. The molecule has 1 aliphatic rings. The summed E-state index contributed by atoms with van der Waals surface area (Å²) in [5.41, 5.74) is 0. The zero-order chi connectivity index (χ0) is 8.97. The summed E-state index contributed by atoms with van der Waals surface area (Å²) in [5, 5.41) is 3.22. The van der Waals surface area contributed by atoms with E-state index in [1.54, 1.807) is 0 Å². The topological polar surface area (TPSA) is 15.3 Å². The highest BCUT2D eigenvalue weighted by Crippen LogP contribution is 2.30. The van der Waals surface area contributed by atoms with E-state index < -0.39 is 0 Å². The molecule has 0 amide bonds. The van der Waals surface area contributed by atoms with Gasteiger partial charge in [-0.3, -0.25) is 4.90 Å². The first-order valence-corrected chi connectivity index (χ1v) is 4.58. The van der Waals surface area contributed by atoms with E-state index in [0.29, 0.717) is 6.04 Å². The maximum atomic E-state index is 5.26. The third-order valence-electron chi connectivity index (χ3n) is 2.75. The van der Waals surface area contributed by atoms with Crippen LogP contribution in [0.15, 0.2) is 0 Å². The van der Waals surface area contributed by atoms with E-state index in [-0.39, 0.29) is 0 Å². The van der Waals surface area contributed by atoms with Crippen LogP contribution in [0.25, 0.3) is 0 Å². The fourth-order valence-corrected chi connectivity index (χ4v) is 1.89. The van der Waals surface area contributed by atoms with Crippen molar-refractivity contribution in [3.8, 4) is 12.3 Å². The lowest BCUT2D eigenvalue weighted by molar-refractivity contribution is 0.0966. The third-order valence-corrected chi connectivity index (χ3v) is 2.75.